The maximum atomic E-state index is 12.3. The van der Waals surface area contributed by atoms with Crippen molar-refractivity contribution in [2.45, 2.75) is 6.54 Å². The summed E-state index contributed by atoms with van der Waals surface area (Å²) in [6, 6.07) is 6.30. The van der Waals surface area contributed by atoms with Gasteiger partial charge in [0.15, 0.2) is 5.13 Å². The van der Waals surface area contributed by atoms with Gasteiger partial charge in [0, 0.05) is 36.1 Å². The minimum atomic E-state index is -0.563. The molecule has 1 aliphatic heterocycles. The fourth-order valence-electron chi connectivity index (χ4n) is 2.41. The van der Waals surface area contributed by atoms with Crippen LogP contribution in [0.15, 0.2) is 29.6 Å². The van der Waals surface area contributed by atoms with Crippen molar-refractivity contribution in [3.05, 3.63) is 46.5 Å². The molecule has 1 fully saturated rings. The van der Waals surface area contributed by atoms with Crippen molar-refractivity contribution in [1.29, 1.82) is 0 Å². The Morgan fingerprint density at radius 1 is 1.29 bits per heavy atom. The van der Waals surface area contributed by atoms with Crippen LogP contribution in [0.25, 0.3) is 0 Å². The zero-order chi connectivity index (χ0) is 16.9. The van der Waals surface area contributed by atoms with E-state index in [4.69, 9.17) is 10.5 Å². The highest BCUT2D eigenvalue weighted by Crippen LogP contribution is 2.18. The number of thiazole rings is 1. The Bertz CT molecular complexity index is 740. The van der Waals surface area contributed by atoms with E-state index in [1.165, 1.54) is 17.4 Å². The van der Waals surface area contributed by atoms with Gasteiger partial charge < -0.3 is 10.5 Å². The molecule has 0 spiro atoms. The van der Waals surface area contributed by atoms with E-state index in [1.807, 2.05) is 5.38 Å². The predicted molar refractivity (Wildman–Crippen MR) is 91.1 cm³/mol. The van der Waals surface area contributed by atoms with Gasteiger partial charge in [-0.3, -0.25) is 19.8 Å². The Kier molecular flexibility index (Phi) is 5.19. The van der Waals surface area contributed by atoms with Crippen LogP contribution in [0.3, 0.4) is 0 Å². The standard InChI is InChI=1S/C16H18N4O3S/c17-14(21)11-2-1-3-12(8-11)15(22)19-16-18-13(10-24-16)9-20-4-6-23-7-5-20/h1-3,8,10H,4-7,9H2,(H2,17,21)(H,18,19,22). The van der Waals surface area contributed by atoms with E-state index < -0.39 is 5.91 Å². The lowest BCUT2D eigenvalue weighted by atomic mass is 10.1. The molecule has 3 rings (SSSR count). The van der Waals surface area contributed by atoms with Crippen LogP contribution in [0.5, 0.6) is 0 Å². The molecule has 0 radical (unpaired) electrons. The second-order valence-corrected chi connectivity index (χ2v) is 6.29. The number of carbonyl (C=O) groups is 2. The van der Waals surface area contributed by atoms with Gasteiger partial charge in [0.25, 0.3) is 5.91 Å². The summed E-state index contributed by atoms with van der Waals surface area (Å²) >= 11 is 1.38. The molecule has 1 aromatic carbocycles. The number of rotatable bonds is 5. The van der Waals surface area contributed by atoms with Crippen LogP contribution >= 0.6 is 11.3 Å². The number of morpholine rings is 1. The normalized spacial score (nSPS) is 15.2. The number of aromatic nitrogens is 1. The minimum Gasteiger partial charge on any atom is -0.379 e. The second kappa shape index (κ2) is 7.52. The Morgan fingerprint density at radius 3 is 2.79 bits per heavy atom. The Hall–Kier alpha value is -2.29. The van der Waals surface area contributed by atoms with Crippen molar-refractivity contribution in [3.8, 4) is 0 Å². The number of ether oxygens (including phenoxy) is 1. The number of amides is 2. The van der Waals surface area contributed by atoms with E-state index in [-0.39, 0.29) is 5.91 Å². The Labute approximate surface area is 143 Å². The van der Waals surface area contributed by atoms with Gasteiger partial charge in [0.1, 0.15) is 0 Å². The molecule has 0 unspecified atom stereocenters. The van der Waals surface area contributed by atoms with Crippen molar-refractivity contribution >= 4 is 28.3 Å². The quantitative estimate of drug-likeness (QED) is 0.851. The van der Waals surface area contributed by atoms with Crippen LogP contribution in [-0.2, 0) is 11.3 Å². The highest BCUT2D eigenvalue weighted by Gasteiger charge is 2.14. The predicted octanol–water partition coefficient (Wildman–Crippen LogP) is 1.33. The number of carbonyl (C=O) groups excluding carboxylic acids is 2. The summed E-state index contributed by atoms with van der Waals surface area (Å²) in [5, 5.41) is 5.23. The number of nitrogens with one attached hydrogen (secondary N) is 1. The highest BCUT2D eigenvalue weighted by molar-refractivity contribution is 7.13. The molecule has 126 valence electrons. The van der Waals surface area contributed by atoms with Gasteiger partial charge in [0.05, 0.1) is 18.9 Å². The van der Waals surface area contributed by atoms with Crippen molar-refractivity contribution in [1.82, 2.24) is 9.88 Å². The first-order valence-corrected chi connectivity index (χ1v) is 8.45. The molecule has 0 saturated carbocycles. The molecule has 3 N–H and O–H groups in total. The van der Waals surface area contributed by atoms with E-state index in [0.717, 1.165) is 38.5 Å². The molecule has 0 aliphatic carbocycles. The van der Waals surface area contributed by atoms with E-state index in [1.54, 1.807) is 18.2 Å². The van der Waals surface area contributed by atoms with Crippen LogP contribution in [0.2, 0.25) is 0 Å². The smallest absolute Gasteiger partial charge is 0.257 e. The molecule has 7 nitrogen and oxygen atoms in total. The van der Waals surface area contributed by atoms with Gasteiger partial charge >= 0.3 is 0 Å². The highest BCUT2D eigenvalue weighted by atomic mass is 32.1. The number of benzene rings is 1. The number of nitrogens with two attached hydrogens (primary N) is 1. The fraction of sp³-hybridized carbons (Fsp3) is 0.312. The van der Waals surface area contributed by atoms with Gasteiger partial charge in [0.2, 0.25) is 5.91 Å². The Balaban J connectivity index is 1.62. The van der Waals surface area contributed by atoms with Crippen molar-refractivity contribution in [2.24, 2.45) is 5.73 Å². The van der Waals surface area contributed by atoms with Crippen LogP contribution in [-0.4, -0.2) is 48.0 Å². The van der Waals surface area contributed by atoms with Crippen molar-refractivity contribution in [2.75, 3.05) is 31.6 Å². The summed E-state index contributed by atoms with van der Waals surface area (Å²) in [5.41, 5.74) is 6.82. The van der Waals surface area contributed by atoms with Gasteiger partial charge in [-0.05, 0) is 18.2 Å². The summed E-state index contributed by atoms with van der Waals surface area (Å²) in [6.45, 7) is 4.00. The first kappa shape index (κ1) is 16.6. The fourth-order valence-corrected chi connectivity index (χ4v) is 3.10. The van der Waals surface area contributed by atoms with Crippen molar-refractivity contribution < 1.29 is 14.3 Å². The largest absolute Gasteiger partial charge is 0.379 e. The van der Waals surface area contributed by atoms with E-state index in [0.29, 0.717) is 16.3 Å². The zero-order valence-corrected chi connectivity index (χ0v) is 13.8. The number of hydrogen-bond donors (Lipinski definition) is 2. The van der Waals surface area contributed by atoms with Crippen LogP contribution in [0.1, 0.15) is 26.4 Å². The third kappa shape index (κ3) is 4.16. The maximum Gasteiger partial charge on any atom is 0.257 e. The average molecular weight is 346 g/mol. The monoisotopic (exact) mass is 346 g/mol. The van der Waals surface area contributed by atoms with Gasteiger partial charge in [-0.15, -0.1) is 11.3 Å². The molecule has 0 bridgehead atoms. The Morgan fingerprint density at radius 2 is 2.04 bits per heavy atom. The van der Waals surface area contributed by atoms with Crippen LogP contribution < -0.4 is 11.1 Å². The molecular formula is C16H18N4O3S. The van der Waals surface area contributed by atoms with E-state index in [2.05, 4.69) is 15.2 Å². The van der Waals surface area contributed by atoms with Gasteiger partial charge in [-0.2, -0.15) is 0 Å². The number of primary amides is 1. The average Bonchev–Trinajstić information content (AvgIpc) is 3.02. The first-order valence-electron chi connectivity index (χ1n) is 7.57. The molecule has 2 heterocycles. The first-order chi connectivity index (χ1) is 11.6. The SMILES string of the molecule is NC(=O)c1cccc(C(=O)Nc2nc(CN3CCOCC3)cs2)c1. The molecule has 8 heteroatoms. The molecule has 1 saturated heterocycles. The van der Waals surface area contributed by atoms with E-state index in [9.17, 15) is 9.59 Å². The third-order valence-electron chi connectivity index (χ3n) is 3.67. The van der Waals surface area contributed by atoms with Crippen LogP contribution in [0, 0.1) is 0 Å². The zero-order valence-electron chi connectivity index (χ0n) is 13.0. The number of hydrogen-bond acceptors (Lipinski definition) is 6. The molecule has 0 atom stereocenters. The topological polar surface area (TPSA) is 97.5 Å². The lowest BCUT2D eigenvalue weighted by molar-refractivity contribution is 0.0337. The number of anilines is 1. The number of nitrogens with zero attached hydrogens (tertiary/aromatic N) is 2. The minimum absolute atomic E-state index is 0.301. The molecule has 2 aromatic rings. The summed E-state index contributed by atoms with van der Waals surface area (Å²) in [6.07, 6.45) is 0. The maximum absolute atomic E-state index is 12.3. The second-order valence-electron chi connectivity index (χ2n) is 5.43. The van der Waals surface area contributed by atoms with E-state index >= 15 is 0 Å². The molecule has 1 aromatic heterocycles. The van der Waals surface area contributed by atoms with Gasteiger partial charge in [-0.1, -0.05) is 6.07 Å². The molecule has 24 heavy (non-hydrogen) atoms. The lowest BCUT2D eigenvalue weighted by Gasteiger charge is -2.25. The molecule has 2 amide bonds. The third-order valence-corrected chi connectivity index (χ3v) is 4.48. The molecular weight excluding hydrogens is 328 g/mol. The summed E-state index contributed by atoms with van der Waals surface area (Å²) in [5.74, 6) is -0.878. The summed E-state index contributed by atoms with van der Waals surface area (Å²) in [7, 11) is 0. The van der Waals surface area contributed by atoms with Gasteiger partial charge in [-0.25, -0.2) is 4.98 Å². The van der Waals surface area contributed by atoms with Crippen LogP contribution in [0.4, 0.5) is 5.13 Å². The summed E-state index contributed by atoms with van der Waals surface area (Å²) in [4.78, 5) is 30.2. The van der Waals surface area contributed by atoms with Crippen molar-refractivity contribution in [3.63, 3.8) is 0 Å². The molecule has 1 aliphatic rings. The summed E-state index contributed by atoms with van der Waals surface area (Å²) < 4.78 is 5.32. The lowest BCUT2D eigenvalue weighted by Crippen LogP contribution is -2.35.